The van der Waals surface area contributed by atoms with Crippen LogP contribution in [0, 0.1) is 40.2 Å². The van der Waals surface area contributed by atoms with Crippen molar-refractivity contribution in [3.63, 3.8) is 0 Å². The zero-order valence-corrected chi connectivity index (χ0v) is 43.2. The number of carbonyl (C=O) groups is 4. The van der Waals surface area contributed by atoms with E-state index in [1.165, 1.54) is 0 Å². The summed E-state index contributed by atoms with van der Waals surface area (Å²) in [4.78, 5) is 65.1. The first-order valence-electron chi connectivity index (χ1n) is 24.1. The number of ether oxygens (including phenoxy) is 3. The number of aromatic nitrogens is 1. The van der Waals surface area contributed by atoms with E-state index in [1.807, 2.05) is 17.4 Å². The van der Waals surface area contributed by atoms with Gasteiger partial charge in [0.1, 0.15) is 23.5 Å². The summed E-state index contributed by atoms with van der Waals surface area (Å²) in [6.07, 6.45) is -5.95. The summed E-state index contributed by atoms with van der Waals surface area (Å²) >= 11 is 0. The van der Waals surface area contributed by atoms with Crippen molar-refractivity contribution in [2.45, 2.75) is 91.0 Å². The van der Waals surface area contributed by atoms with Crippen LogP contribution in [0.2, 0.25) is 0 Å². The SMILES string of the molecule is COC(=O)C[C@H](C(=O)NN(Cc1c(F)cc(C(N)=CC=NC(F)F)cc1F)C[C@H](O)[C@H](Cc1ccc(C#Cc2ccc(N3CCN4CCOC[C@H]4C3)nc2)cc1)NC(=O)[C@@H](NC(=O)OC)C(C)(C)C(F)(F)F)C(C)(C)C. The number of methoxy groups -OCH3 is 2. The van der Waals surface area contributed by atoms with Crippen molar-refractivity contribution >= 4 is 41.6 Å². The molecule has 1 aromatic heterocycles. The van der Waals surface area contributed by atoms with Crippen LogP contribution in [0.25, 0.3) is 5.70 Å². The molecule has 0 unspecified atom stereocenters. The fourth-order valence-corrected chi connectivity index (χ4v) is 8.36. The maximum atomic E-state index is 15.9. The number of halogens is 7. The van der Waals surface area contributed by atoms with Gasteiger partial charge in [-0.3, -0.25) is 24.7 Å². The molecule has 24 heteroatoms. The van der Waals surface area contributed by atoms with Crippen molar-refractivity contribution in [3.05, 3.63) is 100 Å². The van der Waals surface area contributed by atoms with E-state index in [4.69, 9.17) is 15.2 Å². The Kier molecular flexibility index (Phi) is 20.8. The second kappa shape index (κ2) is 26.3. The number of nitrogens with one attached hydrogen (secondary N) is 3. The van der Waals surface area contributed by atoms with Crippen LogP contribution in [0.3, 0.4) is 0 Å². The number of anilines is 1. The standard InChI is InChI=1S/C52H64F7N9O8/c1-50(2,3)37(25-44(70)74-6)46(71)65-68(28-36-38(53)23-34(24-39(36)54)40(60)16-17-61-48(55)56)29-42(69)41(63-47(72)45(64-49(73)75-7)51(4,5)52(57,58)59)22-32-11-8-31(9-12-32)10-13-33-14-15-43(62-26-33)67-19-18-66-20-21-76-30-35(66)27-67/h8-9,11-12,14-17,23-24,26,35,37,41-42,45,48,69H,18-22,25,27-30,60H2,1-7H3,(H,63,72)(H,64,73)(H,65,71)/t35-,37-,41+,42+,45-/m1/s1. The number of allylic oxidation sites excluding steroid dienone is 1. The zero-order chi connectivity index (χ0) is 56.1. The van der Waals surface area contributed by atoms with Gasteiger partial charge in [-0.25, -0.2) is 28.6 Å². The first kappa shape index (κ1) is 60.1. The summed E-state index contributed by atoms with van der Waals surface area (Å²) in [6.45, 7) is 6.29. The highest BCUT2D eigenvalue weighted by Gasteiger charge is 2.56. The first-order valence-corrected chi connectivity index (χ1v) is 24.1. The molecule has 17 nitrogen and oxygen atoms in total. The molecule has 5 rings (SSSR count). The van der Waals surface area contributed by atoms with Crippen molar-refractivity contribution in [1.82, 2.24) is 31.0 Å². The number of piperazine rings is 1. The first-order chi connectivity index (χ1) is 35.7. The molecule has 2 aromatic carbocycles. The molecular formula is C52H64F7N9O8. The monoisotopic (exact) mass is 1080 g/mol. The fourth-order valence-electron chi connectivity index (χ4n) is 8.36. The van der Waals surface area contributed by atoms with E-state index in [0.29, 0.717) is 43.4 Å². The summed E-state index contributed by atoms with van der Waals surface area (Å²) < 4.78 is 116. The largest absolute Gasteiger partial charge is 0.469 e. The molecule has 2 saturated heterocycles. The van der Waals surface area contributed by atoms with Gasteiger partial charge in [0.05, 0.1) is 63.4 Å². The molecule has 0 saturated carbocycles. The summed E-state index contributed by atoms with van der Waals surface area (Å²) in [5.74, 6) is 0.211. The number of hydrogen-bond acceptors (Lipinski definition) is 14. The number of esters is 1. The molecule has 2 aliphatic rings. The molecule has 0 spiro atoms. The average Bonchev–Trinajstić information content (AvgIpc) is 3.36. The minimum absolute atomic E-state index is 0.274. The maximum absolute atomic E-state index is 15.9. The number of nitrogens with zero attached hydrogens (tertiary/aromatic N) is 5. The number of carbonyl (C=O) groups excluding carboxylic acids is 4. The lowest BCUT2D eigenvalue weighted by atomic mass is 9.78. The molecule has 0 radical (unpaired) electrons. The highest BCUT2D eigenvalue weighted by atomic mass is 19.4. The number of nitrogens with two attached hydrogens (primary N) is 1. The molecule has 2 aliphatic heterocycles. The number of aliphatic hydroxyl groups excluding tert-OH is 1. The van der Waals surface area contributed by atoms with E-state index in [2.05, 4.69) is 47.1 Å². The van der Waals surface area contributed by atoms with E-state index >= 15 is 8.78 Å². The number of amides is 3. The van der Waals surface area contributed by atoms with Crippen LogP contribution >= 0.6 is 0 Å². The lowest BCUT2D eigenvalue weighted by Crippen LogP contribution is -2.62. The second-order valence-corrected chi connectivity index (χ2v) is 19.9. The molecular weight excluding hydrogens is 1010 g/mol. The van der Waals surface area contributed by atoms with Crippen LogP contribution in [0.5, 0.6) is 0 Å². The van der Waals surface area contributed by atoms with Gasteiger partial charge in [-0.15, -0.1) is 0 Å². The van der Waals surface area contributed by atoms with Gasteiger partial charge >= 0.3 is 24.8 Å². The summed E-state index contributed by atoms with van der Waals surface area (Å²) in [7, 11) is 1.98. The summed E-state index contributed by atoms with van der Waals surface area (Å²) in [5.41, 5.74) is 4.71. The van der Waals surface area contributed by atoms with E-state index < -0.39 is 108 Å². The van der Waals surface area contributed by atoms with Gasteiger partial charge in [0.25, 0.3) is 0 Å². The zero-order valence-electron chi connectivity index (χ0n) is 43.2. The topological polar surface area (TPSA) is 213 Å². The number of hydrogen-bond donors (Lipinski definition) is 5. The van der Waals surface area contributed by atoms with E-state index in [0.717, 1.165) is 76.0 Å². The Morgan fingerprint density at radius 2 is 1.61 bits per heavy atom. The molecule has 3 aromatic rings. The number of rotatable bonds is 19. The minimum atomic E-state index is -5.09. The van der Waals surface area contributed by atoms with Crippen molar-refractivity contribution in [2.75, 3.05) is 65.1 Å². The molecule has 6 N–H and O–H groups in total. The number of morpholine rings is 1. The Labute approximate surface area is 436 Å². The molecule has 3 amide bonds. The van der Waals surface area contributed by atoms with Gasteiger partial charge in [0.2, 0.25) is 11.8 Å². The molecule has 0 aliphatic carbocycles. The number of aliphatic hydroxyl groups is 1. The predicted octanol–water partition coefficient (Wildman–Crippen LogP) is 5.33. The Morgan fingerprint density at radius 3 is 2.20 bits per heavy atom. The van der Waals surface area contributed by atoms with Crippen LogP contribution in [0.4, 0.5) is 41.3 Å². The number of hydrazine groups is 1. The average molecular weight is 1080 g/mol. The Hall–Kier alpha value is -6.81. The van der Waals surface area contributed by atoms with Crippen molar-refractivity contribution in [3.8, 4) is 11.8 Å². The Balaban J connectivity index is 1.47. The second-order valence-electron chi connectivity index (χ2n) is 19.9. The van der Waals surface area contributed by atoms with Crippen LogP contribution in [0.15, 0.2) is 65.8 Å². The van der Waals surface area contributed by atoms with Gasteiger partial charge in [-0.1, -0.05) is 44.7 Å². The number of pyridine rings is 1. The van der Waals surface area contributed by atoms with Gasteiger partial charge in [-0.05, 0) is 73.7 Å². The number of alkyl carbamates (subject to hydrolysis) is 1. The van der Waals surface area contributed by atoms with E-state index in [1.54, 1.807) is 51.2 Å². The van der Waals surface area contributed by atoms with E-state index in [-0.39, 0.29) is 23.7 Å². The number of fused-ring (bicyclic) bond motifs is 1. The highest BCUT2D eigenvalue weighted by Crippen LogP contribution is 2.41. The lowest BCUT2D eigenvalue weighted by molar-refractivity contribution is -0.220. The summed E-state index contributed by atoms with van der Waals surface area (Å²) in [6, 6.07) is 8.09. The normalized spacial score (nSPS) is 17.2. The van der Waals surface area contributed by atoms with Crippen LogP contribution in [-0.4, -0.2) is 147 Å². The number of benzene rings is 2. The van der Waals surface area contributed by atoms with Gasteiger partial charge in [-0.2, -0.15) is 22.0 Å². The third-order valence-electron chi connectivity index (χ3n) is 13.1. The molecule has 5 atom stereocenters. The maximum Gasteiger partial charge on any atom is 0.407 e. The molecule has 0 bridgehead atoms. The molecule has 414 valence electrons. The van der Waals surface area contributed by atoms with Crippen LogP contribution < -0.4 is 26.7 Å². The highest BCUT2D eigenvalue weighted by molar-refractivity contribution is 5.87. The van der Waals surface area contributed by atoms with Crippen molar-refractivity contribution in [1.29, 1.82) is 0 Å². The number of alkyl halides is 5. The quantitative estimate of drug-likeness (QED) is 0.0257. The van der Waals surface area contributed by atoms with Gasteiger partial charge in [0, 0.05) is 79.6 Å². The van der Waals surface area contributed by atoms with Gasteiger partial charge < -0.3 is 40.6 Å². The Bertz CT molecular complexity index is 2600. The van der Waals surface area contributed by atoms with Gasteiger partial charge in [0.15, 0.2) is 0 Å². The lowest BCUT2D eigenvalue weighted by Gasteiger charge is -2.44. The smallest absolute Gasteiger partial charge is 0.407 e. The van der Waals surface area contributed by atoms with E-state index in [9.17, 15) is 46.2 Å². The minimum Gasteiger partial charge on any atom is -0.469 e. The predicted molar refractivity (Wildman–Crippen MR) is 267 cm³/mol. The van der Waals surface area contributed by atoms with Crippen LogP contribution in [-0.2, 0) is 41.6 Å². The molecule has 2 fully saturated rings. The van der Waals surface area contributed by atoms with Crippen molar-refractivity contribution < 1.29 is 69.2 Å². The summed E-state index contributed by atoms with van der Waals surface area (Å²) in [5, 5.41) is 17.3. The Morgan fingerprint density at radius 1 is 0.947 bits per heavy atom. The van der Waals surface area contributed by atoms with Crippen molar-refractivity contribution in [2.24, 2.45) is 27.5 Å². The third kappa shape index (κ3) is 16.6. The molecule has 3 heterocycles. The molecule has 76 heavy (non-hydrogen) atoms. The number of aliphatic imine (C=N–C) groups is 1. The third-order valence-corrected chi connectivity index (χ3v) is 13.1. The fraction of sp³-hybridized carbons (Fsp3) is 0.500. The van der Waals surface area contributed by atoms with Crippen LogP contribution in [0.1, 0.15) is 68.9 Å².